The molecule has 0 bridgehead atoms. The zero-order valence-corrected chi connectivity index (χ0v) is 15.3. The molecule has 0 amide bonds. The fourth-order valence-electron chi connectivity index (χ4n) is 3.28. The molecule has 0 radical (unpaired) electrons. The number of non-ortho nitro benzene ring substituents is 1. The van der Waals surface area contributed by atoms with Crippen LogP contribution in [-0.4, -0.2) is 53.2 Å². The molecule has 2 aromatic carbocycles. The molecule has 0 N–H and O–H groups in total. The average molecular weight is 389 g/mol. The molecule has 1 saturated heterocycles. The van der Waals surface area contributed by atoms with Crippen molar-refractivity contribution in [2.75, 3.05) is 32.7 Å². The Labute approximate surface area is 161 Å². The van der Waals surface area contributed by atoms with E-state index in [2.05, 4.69) is 0 Å². The van der Waals surface area contributed by atoms with Crippen molar-refractivity contribution in [2.45, 2.75) is 13.0 Å². The third-order valence-corrected chi connectivity index (χ3v) is 4.82. The molecular formula is C20H21F2N3O3. The van der Waals surface area contributed by atoms with E-state index in [-0.39, 0.29) is 17.9 Å². The van der Waals surface area contributed by atoms with Crippen molar-refractivity contribution in [3.05, 3.63) is 75.3 Å². The van der Waals surface area contributed by atoms with E-state index in [0.717, 1.165) is 17.7 Å². The Bertz CT molecular complexity index is 850. The predicted octanol–water partition coefficient (Wildman–Crippen LogP) is 2.80. The number of benzene rings is 2. The Morgan fingerprint density at radius 2 is 1.64 bits per heavy atom. The summed E-state index contributed by atoms with van der Waals surface area (Å²) in [6.45, 7) is 3.32. The first kappa shape index (κ1) is 20.0. The Hall–Kier alpha value is -2.71. The third-order valence-electron chi connectivity index (χ3n) is 4.82. The van der Waals surface area contributed by atoms with E-state index in [1.165, 1.54) is 18.2 Å². The lowest BCUT2D eigenvalue weighted by Crippen LogP contribution is -2.47. The van der Waals surface area contributed by atoms with Crippen molar-refractivity contribution in [1.29, 1.82) is 0 Å². The summed E-state index contributed by atoms with van der Waals surface area (Å²) in [5.74, 6) is -0.826. The van der Waals surface area contributed by atoms with Crippen molar-refractivity contribution >= 4 is 11.5 Å². The highest BCUT2D eigenvalue weighted by molar-refractivity contribution is 5.82. The zero-order valence-electron chi connectivity index (χ0n) is 15.3. The minimum atomic E-state index is -0.471. The van der Waals surface area contributed by atoms with E-state index < -0.39 is 16.6 Å². The molecule has 0 saturated carbocycles. The topological polar surface area (TPSA) is 66.7 Å². The van der Waals surface area contributed by atoms with Crippen molar-refractivity contribution in [3.63, 3.8) is 0 Å². The van der Waals surface area contributed by atoms with E-state index in [1.807, 2.05) is 9.80 Å². The normalized spacial score (nSPS) is 15.5. The van der Waals surface area contributed by atoms with Crippen LogP contribution in [0.1, 0.15) is 11.1 Å². The summed E-state index contributed by atoms with van der Waals surface area (Å²) >= 11 is 0. The van der Waals surface area contributed by atoms with Gasteiger partial charge in [-0.3, -0.25) is 24.7 Å². The highest BCUT2D eigenvalue weighted by atomic mass is 19.1. The van der Waals surface area contributed by atoms with Crippen molar-refractivity contribution in [1.82, 2.24) is 9.80 Å². The molecule has 1 fully saturated rings. The van der Waals surface area contributed by atoms with Crippen LogP contribution in [0, 0.1) is 21.7 Å². The van der Waals surface area contributed by atoms with Crippen LogP contribution in [0.5, 0.6) is 0 Å². The number of Topliss-reactive ketones (excluding diaryl/α,β-unsaturated/α-hetero) is 1. The lowest BCUT2D eigenvalue weighted by atomic mass is 10.1. The van der Waals surface area contributed by atoms with Gasteiger partial charge in [0.1, 0.15) is 11.6 Å². The second-order valence-corrected chi connectivity index (χ2v) is 6.93. The van der Waals surface area contributed by atoms with E-state index in [9.17, 15) is 23.7 Å². The lowest BCUT2D eigenvalue weighted by molar-refractivity contribution is -0.384. The standard InChI is InChI=1S/C20H21F2N3O3/c21-17-3-6-20(22)16(12-17)13-23-7-9-24(10-8-23)14-19(26)11-15-1-4-18(5-2-15)25(27)28/h1-6,12H,7-11,13-14H2. The van der Waals surface area contributed by atoms with E-state index in [1.54, 1.807) is 12.1 Å². The van der Waals surface area contributed by atoms with Crippen molar-refractivity contribution in [3.8, 4) is 0 Å². The van der Waals surface area contributed by atoms with Crippen LogP contribution in [0.3, 0.4) is 0 Å². The number of carbonyl (C=O) groups is 1. The molecule has 0 aliphatic carbocycles. The molecule has 1 aliphatic rings. The summed E-state index contributed by atoms with van der Waals surface area (Å²) in [5.41, 5.74) is 1.08. The monoisotopic (exact) mass is 389 g/mol. The lowest BCUT2D eigenvalue weighted by Gasteiger charge is -2.34. The summed E-state index contributed by atoms with van der Waals surface area (Å²) in [6.07, 6.45) is 0.229. The minimum absolute atomic E-state index is 0.00190. The Balaban J connectivity index is 1.45. The molecule has 148 valence electrons. The number of nitro benzene ring substituents is 1. The third kappa shape index (κ3) is 5.40. The van der Waals surface area contributed by atoms with Gasteiger partial charge in [0.25, 0.3) is 5.69 Å². The van der Waals surface area contributed by atoms with Crippen molar-refractivity contribution < 1.29 is 18.5 Å². The first-order valence-electron chi connectivity index (χ1n) is 9.04. The number of carbonyl (C=O) groups excluding carboxylic acids is 1. The van der Waals surface area contributed by atoms with E-state index in [4.69, 9.17) is 0 Å². The fraction of sp³-hybridized carbons (Fsp3) is 0.350. The molecule has 0 atom stereocenters. The van der Waals surface area contributed by atoms with Crippen LogP contribution in [0.25, 0.3) is 0 Å². The quantitative estimate of drug-likeness (QED) is 0.538. The van der Waals surface area contributed by atoms with Gasteiger partial charge in [0.2, 0.25) is 0 Å². The van der Waals surface area contributed by atoms with Crippen LogP contribution in [0.4, 0.5) is 14.5 Å². The average Bonchev–Trinajstić information content (AvgIpc) is 2.66. The Kier molecular flexibility index (Phi) is 6.43. The number of rotatable bonds is 7. The molecule has 0 aromatic heterocycles. The Morgan fingerprint density at radius 3 is 2.29 bits per heavy atom. The smallest absolute Gasteiger partial charge is 0.269 e. The summed E-state index contributed by atoms with van der Waals surface area (Å²) in [7, 11) is 0. The molecule has 3 rings (SSSR count). The summed E-state index contributed by atoms with van der Waals surface area (Å²) in [5, 5.41) is 10.7. The first-order chi connectivity index (χ1) is 13.4. The van der Waals surface area contributed by atoms with Crippen LogP contribution < -0.4 is 0 Å². The maximum Gasteiger partial charge on any atom is 0.269 e. The molecule has 2 aromatic rings. The molecule has 8 heteroatoms. The molecule has 28 heavy (non-hydrogen) atoms. The van der Waals surface area contributed by atoms with Gasteiger partial charge in [-0.15, -0.1) is 0 Å². The minimum Gasteiger partial charge on any atom is -0.298 e. The van der Waals surface area contributed by atoms with Gasteiger partial charge >= 0.3 is 0 Å². The molecule has 1 heterocycles. The summed E-state index contributed by atoms with van der Waals surface area (Å²) < 4.78 is 27.0. The SMILES string of the molecule is O=C(Cc1ccc([N+](=O)[O-])cc1)CN1CCN(Cc2cc(F)ccc2F)CC1. The number of piperazine rings is 1. The highest BCUT2D eigenvalue weighted by Crippen LogP contribution is 2.15. The van der Waals surface area contributed by atoms with Crippen LogP contribution >= 0.6 is 0 Å². The van der Waals surface area contributed by atoms with Gasteiger partial charge in [0.05, 0.1) is 11.5 Å². The first-order valence-corrected chi connectivity index (χ1v) is 9.04. The zero-order chi connectivity index (χ0) is 20.1. The molecular weight excluding hydrogens is 368 g/mol. The van der Waals surface area contributed by atoms with Gasteiger partial charge in [0, 0.05) is 56.8 Å². The van der Waals surface area contributed by atoms with Gasteiger partial charge in [-0.2, -0.15) is 0 Å². The molecule has 0 spiro atoms. The summed E-state index contributed by atoms with van der Waals surface area (Å²) in [6, 6.07) is 9.45. The molecule has 6 nitrogen and oxygen atoms in total. The predicted molar refractivity (Wildman–Crippen MR) is 99.9 cm³/mol. The van der Waals surface area contributed by atoms with Gasteiger partial charge < -0.3 is 0 Å². The van der Waals surface area contributed by atoms with Crippen molar-refractivity contribution in [2.24, 2.45) is 0 Å². The van der Waals surface area contributed by atoms with Gasteiger partial charge in [-0.25, -0.2) is 8.78 Å². The van der Waals surface area contributed by atoms with Gasteiger partial charge in [-0.1, -0.05) is 12.1 Å². The number of nitro groups is 1. The van der Waals surface area contributed by atoms with E-state index >= 15 is 0 Å². The number of hydrogen-bond donors (Lipinski definition) is 0. The van der Waals surface area contributed by atoms with Gasteiger partial charge in [-0.05, 0) is 23.8 Å². The van der Waals surface area contributed by atoms with Crippen LogP contribution in [-0.2, 0) is 17.8 Å². The fourth-order valence-corrected chi connectivity index (χ4v) is 3.28. The van der Waals surface area contributed by atoms with Gasteiger partial charge in [0.15, 0.2) is 5.78 Å². The highest BCUT2D eigenvalue weighted by Gasteiger charge is 2.20. The second-order valence-electron chi connectivity index (χ2n) is 6.93. The number of nitrogens with zero attached hydrogens (tertiary/aromatic N) is 3. The maximum atomic E-state index is 13.8. The molecule has 1 aliphatic heterocycles. The maximum absolute atomic E-state index is 13.8. The molecule has 0 unspecified atom stereocenters. The van der Waals surface area contributed by atoms with E-state index in [0.29, 0.717) is 44.8 Å². The summed E-state index contributed by atoms with van der Waals surface area (Å²) in [4.78, 5) is 26.5. The number of hydrogen-bond acceptors (Lipinski definition) is 5. The number of ketones is 1. The van der Waals surface area contributed by atoms with Crippen LogP contribution in [0.15, 0.2) is 42.5 Å². The van der Waals surface area contributed by atoms with Crippen LogP contribution in [0.2, 0.25) is 0 Å². The Morgan fingerprint density at radius 1 is 1.00 bits per heavy atom. The number of halogens is 2. The second kappa shape index (κ2) is 8.99. The largest absolute Gasteiger partial charge is 0.298 e.